The molecule has 1 aliphatic heterocycles. The molecule has 3 heteroatoms. The summed E-state index contributed by atoms with van der Waals surface area (Å²) >= 11 is 0. The molecule has 1 unspecified atom stereocenters. The van der Waals surface area contributed by atoms with Crippen LogP contribution in [-0.4, -0.2) is 31.1 Å². The second kappa shape index (κ2) is 6.22. The zero-order valence-corrected chi connectivity index (χ0v) is 11.0. The number of rotatable bonds is 5. The van der Waals surface area contributed by atoms with Crippen molar-refractivity contribution in [1.82, 2.24) is 10.2 Å². The van der Waals surface area contributed by atoms with Crippen molar-refractivity contribution in [1.29, 1.82) is 0 Å². The largest absolute Gasteiger partial charge is 0.465 e. The molecule has 1 saturated heterocycles. The van der Waals surface area contributed by atoms with Gasteiger partial charge in [0, 0.05) is 6.04 Å². The van der Waals surface area contributed by atoms with Gasteiger partial charge in [0.05, 0.1) is 6.54 Å². The van der Waals surface area contributed by atoms with Crippen LogP contribution in [0.25, 0.3) is 0 Å². The third-order valence-electron chi connectivity index (χ3n) is 3.49. The van der Waals surface area contributed by atoms with Crippen LogP contribution in [0.1, 0.15) is 37.2 Å². The molecular weight excluding hydrogens is 212 g/mol. The van der Waals surface area contributed by atoms with Crippen LogP contribution in [-0.2, 0) is 6.54 Å². The van der Waals surface area contributed by atoms with Crippen molar-refractivity contribution in [2.75, 3.05) is 20.1 Å². The van der Waals surface area contributed by atoms with Gasteiger partial charge in [-0.3, -0.25) is 4.90 Å². The van der Waals surface area contributed by atoms with Crippen LogP contribution in [0, 0.1) is 6.92 Å². The van der Waals surface area contributed by atoms with E-state index in [1.54, 1.807) is 0 Å². The van der Waals surface area contributed by atoms with Crippen LogP contribution in [0.5, 0.6) is 0 Å². The lowest BCUT2D eigenvalue weighted by atomic mass is 10.0. The van der Waals surface area contributed by atoms with E-state index in [0.717, 1.165) is 30.7 Å². The van der Waals surface area contributed by atoms with E-state index in [-0.39, 0.29) is 0 Å². The molecule has 3 nitrogen and oxygen atoms in total. The molecule has 0 saturated carbocycles. The minimum Gasteiger partial charge on any atom is -0.465 e. The maximum Gasteiger partial charge on any atom is 0.118 e. The number of hydrogen-bond acceptors (Lipinski definition) is 3. The Morgan fingerprint density at radius 3 is 2.94 bits per heavy atom. The minimum absolute atomic E-state index is 0.726. The number of furan rings is 1. The van der Waals surface area contributed by atoms with Crippen molar-refractivity contribution in [3.63, 3.8) is 0 Å². The summed E-state index contributed by atoms with van der Waals surface area (Å²) in [4.78, 5) is 2.34. The first-order chi connectivity index (χ1) is 8.24. The van der Waals surface area contributed by atoms with Gasteiger partial charge in [-0.25, -0.2) is 0 Å². The van der Waals surface area contributed by atoms with Gasteiger partial charge in [0.2, 0.25) is 0 Å². The van der Waals surface area contributed by atoms with Crippen molar-refractivity contribution < 1.29 is 4.42 Å². The van der Waals surface area contributed by atoms with E-state index in [2.05, 4.69) is 23.3 Å². The van der Waals surface area contributed by atoms with Gasteiger partial charge in [0.15, 0.2) is 0 Å². The first-order valence-electron chi connectivity index (χ1n) is 6.71. The maximum atomic E-state index is 5.59. The Labute approximate surface area is 104 Å². The van der Waals surface area contributed by atoms with Crippen molar-refractivity contribution >= 4 is 0 Å². The van der Waals surface area contributed by atoms with Gasteiger partial charge in [-0.15, -0.1) is 0 Å². The van der Waals surface area contributed by atoms with Crippen LogP contribution in [0.3, 0.4) is 0 Å². The van der Waals surface area contributed by atoms with Gasteiger partial charge in [0.1, 0.15) is 11.5 Å². The summed E-state index contributed by atoms with van der Waals surface area (Å²) in [7, 11) is 2.17. The normalized spacial score (nSPS) is 21.0. The number of hydrogen-bond donors (Lipinski definition) is 1. The molecule has 0 bridgehead atoms. The highest BCUT2D eigenvalue weighted by Crippen LogP contribution is 2.12. The first kappa shape index (κ1) is 12.7. The molecule has 1 aromatic heterocycles. The highest BCUT2D eigenvalue weighted by Gasteiger charge is 2.13. The van der Waals surface area contributed by atoms with E-state index in [1.165, 1.54) is 32.2 Å². The lowest BCUT2D eigenvalue weighted by molar-refractivity contribution is 0.262. The Hall–Kier alpha value is -0.800. The lowest BCUT2D eigenvalue weighted by Gasteiger charge is -2.25. The summed E-state index contributed by atoms with van der Waals surface area (Å²) in [6, 6.07) is 4.83. The van der Waals surface area contributed by atoms with E-state index in [0.29, 0.717) is 0 Å². The SMILES string of the molecule is Cc1ccc(CN(C)CCC2CCCCN2)o1. The molecule has 0 amide bonds. The van der Waals surface area contributed by atoms with Crippen molar-refractivity contribution in [3.05, 3.63) is 23.7 Å². The predicted molar refractivity (Wildman–Crippen MR) is 70.0 cm³/mol. The smallest absolute Gasteiger partial charge is 0.118 e. The molecule has 0 radical (unpaired) electrons. The number of nitrogens with one attached hydrogen (secondary N) is 1. The molecule has 1 aliphatic rings. The number of nitrogens with zero attached hydrogens (tertiary/aromatic N) is 1. The topological polar surface area (TPSA) is 28.4 Å². The molecule has 1 fully saturated rings. The van der Waals surface area contributed by atoms with Crippen LogP contribution in [0.4, 0.5) is 0 Å². The summed E-state index contributed by atoms with van der Waals surface area (Å²) in [5.41, 5.74) is 0. The molecule has 2 heterocycles. The van der Waals surface area contributed by atoms with E-state index in [4.69, 9.17) is 4.42 Å². The summed E-state index contributed by atoms with van der Waals surface area (Å²) in [6.07, 6.45) is 5.32. The Kier molecular flexibility index (Phi) is 4.63. The predicted octanol–water partition coefficient (Wildman–Crippen LogP) is 2.55. The monoisotopic (exact) mass is 236 g/mol. The fraction of sp³-hybridized carbons (Fsp3) is 0.714. The van der Waals surface area contributed by atoms with Crippen LogP contribution in [0.2, 0.25) is 0 Å². The maximum absolute atomic E-state index is 5.59. The van der Waals surface area contributed by atoms with Gasteiger partial charge < -0.3 is 9.73 Å². The van der Waals surface area contributed by atoms with Gasteiger partial charge in [-0.2, -0.15) is 0 Å². The standard InChI is InChI=1S/C14H24N2O/c1-12-6-7-14(17-12)11-16(2)10-8-13-5-3-4-9-15-13/h6-7,13,15H,3-5,8-11H2,1-2H3. The summed E-state index contributed by atoms with van der Waals surface area (Å²) in [5, 5.41) is 3.59. The minimum atomic E-state index is 0.726. The average molecular weight is 236 g/mol. The van der Waals surface area contributed by atoms with Gasteiger partial charge in [-0.05, 0) is 58.5 Å². The molecule has 17 heavy (non-hydrogen) atoms. The second-order valence-corrected chi connectivity index (χ2v) is 5.19. The van der Waals surface area contributed by atoms with Gasteiger partial charge in [-0.1, -0.05) is 6.42 Å². The Balaban J connectivity index is 1.68. The molecular formula is C14H24N2O. The van der Waals surface area contributed by atoms with Crippen LogP contribution < -0.4 is 5.32 Å². The van der Waals surface area contributed by atoms with Crippen molar-refractivity contribution in [3.8, 4) is 0 Å². The highest BCUT2D eigenvalue weighted by molar-refractivity contribution is 5.05. The summed E-state index contributed by atoms with van der Waals surface area (Å²) in [5.74, 6) is 2.07. The molecule has 2 rings (SSSR count). The molecule has 0 aromatic carbocycles. The molecule has 1 atom stereocenters. The third-order valence-corrected chi connectivity index (χ3v) is 3.49. The first-order valence-corrected chi connectivity index (χ1v) is 6.71. The zero-order valence-electron chi connectivity index (χ0n) is 11.0. The summed E-state index contributed by atoms with van der Waals surface area (Å²) in [6.45, 7) is 5.25. The van der Waals surface area contributed by atoms with Gasteiger partial charge >= 0.3 is 0 Å². The second-order valence-electron chi connectivity index (χ2n) is 5.19. The van der Waals surface area contributed by atoms with Crippen molar-refractivity contribution in [2.45, 2.75) is 45.2 Å². The molecule has 0 aliphatic carbocycles. The highest BCUT2D eigenvalue weighted by atomic mass is 16.3. The Morgan fingerprint density at radius 2 is 2.29 bits per heavy atom. The fourth-order valence-corrected chi connectivity index (χ4v) is 2.46. The zero-order chi connectivity index (χ0) is 12.1. The van der Waals surface area contributed by atoms with Gasteiger partial charge in [0.25, 0.3) is 0 Å². The number of piperidine rings is 1. The summed E-state index contributed by atoms with van der Waals surface area (Å²) < 4.78 is 5.59. The van der Waals surface area contributed by atoms with E-state index >= 15 is 0 Å². The molecule has 1 N–H and O–H groups in total. The van der Waals surface area contributed by atoms with Crippen LogP contribution in [0.15, 0.2) is 16.5 Å². The van der Waals surface area contributed by atoms with E-state index in [9.17, 15) is 0 Å². The molecule has 1 aromatic rings. The van der Waals surface area contributed by atoms with E-state index in [1.807, 2.05) is 13.0 Å². The molecule has 0 spiro atoms. The Morgan fingerprint density at radius 1 is 1.41 bits per heavy atom. The lowest BCUT2D eigenvalue weighted by Crippen LogP contribution is -2.36. The van der Waals surface area contributed by atoms with Crippen LogP contribution >= 0.6 is 0 Å². The van der Waals surface area contributed by atoms with E-state index < -0.39 is 0 Å². The molecule has 96 valence electrons. The average Bonchev–Trinajstić information content (AvgIpc) is 2.73. The Bertz CT molecular complexity index is 329. The third kappa shape index (κ3) is 4.17. The van der Waals surface area contributed by atoms with Crippen molar-refractivity contribution in [2.24, 2.45) is 0 Å². The fourth-order valence-electron chi connectivity index (χ4n) is 2.46. The number of aryl methyl sites for hydroxylation is 1. The quantitative estimate of drug-likeness (QED) is 0.851.